The van der Waals surface area contributed by atoms with E-state index in [0.29, 0.717) is 0 Å². The largest absolute Gasteiger partial charge is 0.476 e. The van der Waals surface area contributed by atoms with Gasteiger partial charge >= 0.3 is 11.7 Å². The van der Waals surface area contributed by atoms with Crippen LogP contribution in [0, 0.1) is 10.1 Å². The fourth-order valence-corrected chi connectivity index (χ4v) is 1.35. The molecule has 2 rings (SSSR count). The number of carbonyl (C=O) groups is 2. The molecule has 0 radical (unpaired) electrons. The third-order valence-corrected chi connectivity index (χ3v) is 2.23. The summed E-state index contributed by atoms with van der Waals surface area (Å²) in [7, 11) is 0. The van der Waals surface area contributed by atoms with Gasteiger partial charge in [0, 0.05) is 0 Å². The van der Waals surface area contributed by atoms with Gasteiger partial charge in [-0.05, 0) is 12.1 Å². The zero-order valence-corrected chi connectivity index (χ0v) is 9.63. The number of carbonyl (C=O) groups excluding carboxylic acids is 1. The highest BCUT2D eigenvalue weighted by Crippen LogP contribution is 2.18. The van der Waals surface area contributed by atoms with Gasteiger partial charge in [0.1, 0.15) is 6.20 Å². The first-order valence-corrected chi connectivity index (χ1v) is 5.01. The van der Waals surface area contributed by atoms with E-state index in [1.807, 2.05) is 0 Å². The number of hydrogen-bond acceptors (Lipinski definition) is 7. The molecule has 20 heavy (non-hydrogen) atoms. The van der Waals surface area contributed by atoms with Crippen LogP contribution in [0.15, 0.2) is 18.3 Å². The van der Waals surface area contributed by atoms with Crippen LogP contribution in [0.4, 0.5) is 5.69 Å². The summed E-state index contributed by atoms with van der Waals surface area (Å²) in [5.74, 6) is -2.33. The third kappa shape index (κ3) is 2.27. The predicted molar refractivity (Wildman–Crippen MR) is 61.3 cm³/mol. The summed E-state index contributed by atoms with van der Waals surface area (Å²) in [4.78, 5) is 31.5. The minimum atomic E-state index is -1.54. The molecule has 0 aliphatic heterocycles. The Balaban J connectivity index is 2.47. The first-order chi connectivity index (χ1) is 9.40. The van der Waals surface area contributed by atoms with Gasteiger partial charge in [-0.3, -0.25) is 14.9 Å². The molecule has 0 aliphatic rings. The van der Waals surface area contributed by atoms with Crippen LogP contribution in [0.3, 0.4) is 0 Å². The number of nitrogens with two attached hydrogens (primary N) is 1. The normalized spacial score (nSPS) is 10.2. The molecule has 2 aromatic heterocycles. The summed E-state index contributed by atoms with van der Waals surface area (Å²) >= 11 is 0. The molecule has 11 heteroatoms. The molecule has 3 N–H and O–H groups in total. The molecule has 2 aromatic rings. The van der Waals surface area contributed by atoms with Gasteiger partial charge in [0.2, 0.25) is 5.69 Å². The summed E-state index contributed by atoms with van der Waals surface area (Å²) in [5, 5.41) is 30.1. The van der Waals surface area contributed by atoms with Crippen molar-refractivity contribution in [1.29, 1.82) is 0 Å². The zero-order valence-electron chi connectivity index (χ0n) is 9.63. The minimum Gasteiger partial charge on any atom is -0.476 e. The van der Waals surface area contributed by atoms with Crippen LogP contribution >= 0.6 is 0 Å². The average Bonchev–Trinajstić information content (AvgIpc) is 2.84. The number of amides is 1. The number of carboxylic acid groups (broad SMARTS) is 1. The van der Waals surface area contributed by atoms with Gasteiger partial charge in [-0.1, -0.05) is 0 Å². The molecular weight excluding hydrogens is 272 g/mol. The van der Waals surface area contributed by atoms with E-state index in [4.69, 9.17) is 10.8 Å². The van der Waals surface area contributed by atoms with Gasteiger partial charge in [0.05, 0.1) is 4.92 Å². The van der Waals surface area contributed by atoms with Gasteiger partial charge in [-0.25, -0.2) is 9.48 Å². The van der Waals surface area contributed by atoms with E-state index in [-0.39, 0.29) is 11.5 Å². The number of aromatic carboxylic acids is 1. The molecule has 11 nitrogen and oxygen atoms in total. The summed E-state index contributed by atoms with van der Waals surface area (Å²) in [6, 6.07) is 2.51. The predicted octanol–water partition coefficient (Wildman–Crippen LogP) is -0.632. The van der Waals surface area contributed by atoms with Gasteiger partial charge in [-0.2, -0.15) is 5.10 Å². The maximum Gasteiger partial charge on any atom is 0.363 e. The zero-order chi connectivity index (χ0) is 14.9. The van der Waals surface area contributed by atoms with E-state index >= 15 is 0 Å². The molecule has 2 heterocycles. The van der Waals surface area contributed by atoms with Gasteiger partial charge in [0.25, 0.3) is 5.91 Å². The van der Waals surface area contributed by atoms with Crippen LogP contribution in [-0.2, 0) is 0 Å². The molecule has 0 fully saturated rings. The molecule has 0 saturated carbocycles. The highest BCUT2D eigenvalue weighted by atomic mass is 16.6. The minimum absolute atomic E-state index is 0.00519. The van der Waals surface area contributed by atoms with Crippen molar-refractivity contribution in [2.24, 2.45) is 5.73 Å². The third-order valence-electron chi connectivity index (χ3n) is 2.23. The van der Waals surface area contributed by atoms with E-state index in [9.17, 15) is 19.7 Å². The lowest BCUT2D eigenvalue weighted by atomic mass is 10.4. The van der Waals surface area contributed by atoms with Crippen molar-refractivity contribution < 1.29 is 19.6 Å². The Morgan fingerprint density at radius 1 is 1.35 bits per heavy atom. The van der Waals surface area contributed by atoms with Crippen molar-refractivity contribution in [2.45, 2.75) is 0 Å². The Hall–Kier alpha value is -3.37. The lowest BCUT2D eigenvalue weighted by molar-refractivity contribution is -0.385. The van der Waals surface area contributed by atoms with Gasteiger partial charge in [-0.15, -0.1) is 10.2 Å². The van der Waals surface area contributed by atoms with Crippen LogP contribution in [0.25, 0.3) is 5.82 Å². The number of carboxylic acids is 1. The smallest absolute Gasteiger partial charge is 0.363 e. The molecule has 0 saturated heterocycles. The van der Waals surface area contributed by atoms with Crippen LogP contribution in [0.2, 0.25) is 0 Å². The monoisotopic (exact) mass is 278 g/mol. The molecule has 0 aromatic carbocycles. The topological polar surface area (TPSA) is 167 Å². The van der Waals surface area contributed by atoms with E-state index in [1.54, 1.807) is 0 Å². The fourth-order valence-electron chi connectivity index (χ4n) is 1.35. The number of rotatable bonds is 4. The second-order valence-corrected chi connectivity index (χ2v) is 3.51. The number of aromatic nitrogens is 4. The molecule has 1 amide bonds. The summed E-state index contributed by atoms with van der Waals surface area (Å²) in [6.07, 6.45) is 0.886. The van der Waals surface area contributed by atoms with E-state index in [0.717, 1.165) is 10.9 Å². The summed E-state index contributed by atoms with van der Waals surface area (Å²) < 4.78 is 0.874. The second kappa shape index (κ2) is 4.72. The maximum absolute atomic E-state index is 10.8. The first-order valence-electron chi connectivity index (χ1n) is 5.01. The second-order valence-electron chi connectivity index (χ2n) is 3.51. The Bertz CT molecular complexity index is 675. The van der Waals surface area contributed by atoms with Crippen LogP contribution in [0.5, 0.6) is 0 Å². The van der Waals surface area contributed by atoms with Crippen molar-refractivity contribution in [3.8, 4) is 5.82 Å². The number of nitro groups is 1. The van der Waals surface area contributed by atoms with Gasteiger partial charge < -0.3 is 10.8 Å². The van der Waals surface area contributed by atoms with E-state index in [1.165, 1.54) is 12.1 Å². The highest BCUT2D eigenvalue weighted by molar-refractivity contribution is 5.90. The summed E-state index contributed by atoms with van der Waals surface area (Å²) in [6.45, 7) is 0. The Morgan fingerprint density at radius 2 is 2.05 bits per heavy atom. The number of hydrogen-bond donors (Lipinski definition) is 2. The lowest BCUT2D eigenvalue weighted by Crippen LogP contribution is -2.14. The van der Waals surface area contributed by atoms with Crippen LogP contribution in [0.1, 0.15) is 21.0 Å². The highest BCUT2D eigenvalue weighted by Gasteiger charge is 2.26. The summed E-state index contributed by atoms with van der Waals surface area (Å²) in [5.41, 5.74) is 3.47. The Kier molecular flexibility index (Phi) is 3.08. The molecule has 0 atom stereocenters. The van der Waals surface area contributed by atoms with Crippen molar-refractivity contribution in [1.82, 2.24) is 20.0 Å². The standard InChI is InChI=1S/C9H6N6O5/c10-8(16)4-1-2-6(12-11-4)14-3-5(15(19)20)7(13-14)9(17)18/h1-3H,(H2,10,16)(H,17,18). The van der Waals surface area contributed by atoms with Crippen molar-refractivity contribution >= 4 is 17.6 Å². The Labute approximate surface area is 109 Å². The molecular formula is C9H6N6O5. The SMILES string of the molecule is NC(=O)c1ccc(-n2cc([N+](=O)[O-])c(C(=O)O)n2)nn1. The lowest BCUT2D eigenvalue weighted by Gasteiger charge is -1.98. The van der Waals surface area contributed by atoms with Crippen LogP contribution < -0.4 is 5.73 Å². The quantitative estimate of drug-likeness (QED) is 0.550. The van der Waals surface area contributed by atoms with Gasteiger partial charge in [0.15, 0.2) is 11.5 Å². The van der Waals surface area contributed by atoms with Crippen molar-refractivity contribution in [3.05, 3.63) is 39.8 Å². The maximum atomic E-state index is 10.8. The Morgan fingerprint density at radius 3 is 2.45 bits per heavy atom. The van der Waals surface area contributed by atoms with Crippen LogP contribution in [-0.4, -0.2) is 41.9 Å². The molecule has 0 aliphatic carbocycles. The molecule has 102 valence electrons. The van der Waals surface area contributed by atoms with E-state index in [2.05, 4.69) is 15.3 Å². The van der Waals surface area contributed by atoms with Crippen molar-refractivity contribution in [3.63, 3.8) is 0 Å². The molecule has 0 spiro atoms. The molecule has 0 unspecified atom stereocenters. The number of primary amides is 1. The first kappa shape index (κ1) is 13.1. The fraction of sp³-hybridized carbons (Fsp3) is 0. The average molecular weight is 278 g/mol. The molecule has 0 bridgehead atoms. The van der Waals surface area contributed by atoms with E-state index < -0.39 is 28.2 Å². The van der Waals surface area contributed by atoms with Crippen molar-refractivity contribution in [2.75, 3.05) is 0 Å². The number of nitrogens with zero attached hydrogens (tertiary/aromatic N) is 5.